The SMILES string of the molecule is CCCc1cc2c(Nc3ccc(NC(C)=S)cc3F)ncnc2cc1OC. The van der Waals surface area contributed by atoms with E-state index in [-0.39, 0.29) is 0 Å². The van der Waals surface area contributed by atoms with E-state index in [1.807, 2.05) is 12.1 Å². The van der Waals surface area contributed by atoms with E-state index in [0.29, 0.717) is 22.2 Å². The fourth-order valence-corrected chi connectivity index (χ4v) is 3.03. The zero-order valence-corrected chi connectivity index (χ0v) is 16.3. The van der Waals surface area contributed by atoms with Crippen molar-refractivity contribution in [3.05, 3.63) is 48.0 Å². The van der Waals surface area contributed by atoms with Crippen LogP contribution in [0.2, 0.25) is 0 Å². The third-order valence-corrected chi connectivity index (χ3v) is 4.20. The summed E-state index contributed by atoms with van der Waals surface area (Å²) in [4.78, 5) is 9.20. The number of aromatic nitrogens is 2. The van der Waals surface area contributed by atoms with Crippen LogP contribution in [0.3, 0.4) is 0 Å². The Morgan fingerprint density at radius 1 is 1.22 bits per heavy atom. The van der Waals surface area contributed by atoms with Crippen LogP contribution in [0.5, 0.6) is 5.75 Å². The number of ether oxygens (including phenoxy) is 1. The van der Waals surface area contributed by atoms with Gasteiger partial charge in [-0.15, -0.1) is 0 Å². The Morgan fingerprint density at radius 3 is 2.70 bits per heavy atom. The first-order valence-corrected chi connectivity index (χ1v) is 9.08. The van der Waals surface area contributed by atoms with Gasteiger partial charge in [0.15, 0.2) is 0 Å². The van der Waals surface area contributed by atoms with Crippen LogP contribution < -0.4 is 15.4 Å². The van der Waals surface area contributed by atoms with E-state index < -0.39 is 5.82 Å². The highest BCUT2D eigenvalue weighted by atomic mass is 32.1. The number of hydrogen-bond acceptors (Lipinski definition) is 5. The number of benzene rings is 2. The smallest absolute Gasteiger partial charge is 0.148 e. The van der Waals surface area contributed by atoms with Crippen LogP contribution in [0.1, 0.15) is 25.8 Å². The molecule has 27 heavy (non-hydrogen) atoms. The standard InChI is InChI=1S/C20H21FN4OS/c1-4-5-13-8-15-18(10-19(13)26-3)22-11-23-20(15)25-17-7-6-14(9-16(17)21)24-12(2)27/h6-11H,4-5H2,1-3H3,(H,24,27)(H,22,23,25). The third kappa shape index (κ3) is 4.31. The van der Waals surface area contributed by atoms with Crippen molar-refractivity contribution in [2.24, 2.45) is 0 Å². The second kappa shape index (κ2) is 8.26. The molecule has 1 heterocycles. The van der Waals surface area contributed by atoms with Gasteiger partial charge >= 0.3 is 0 Å². The average Bonchev–Trinajstić information content (AvgIpc) is 2.63. The Kier molecular flexibility index (Phi) is 5.81. The number of nitrogens with one attached hydrogen (secondary N) is 2. The van der Waals surface area contributed by atoms with Crippen molar-refractivity contribution < 1.29 is 9.13 Å². The molecule has 2 aromatic carbocycles. The molecular formula is C20H21FN4OS. The maximum absolute atomic E-state index is 14.5. The number of aryl methyl sites for hydroxylation is 1. The molecule has 0 aliphatic heterocycles. The van der Waals surface area contributed by atoms with Gasteiger partial charge in [-0.05, 0) is 43.2 Å². The van der Waals surface area contributed by atoms with E-state index in [9.17, 15) is 4.39 Å². The third-order valence-electron chi connectivity index (χ3n) is 4.10. The van der Waals surface area contributed by atoms with E-state index in [4.69, 9.17) is 17.0 Å². The fraction of sp³-hybridized carbons (Fsp3) is 0.250. The van der Waals surface area contributed by atoms with Gasteiger partial charge in [0, 0.05) is 17.1 Å². The molecule has 2 N–H and O–H groups in total. The molecule has 0 unspecified atom stereocenters. The first-order chi connectivity index (χ1) is 13.0. The van der Waals surface area contributed by atoms with Crippen molar-refractivity contribution in [1.29, 1.82) is 0 Å². The lowest BCUT2D eigenvalue weighted by atomic mass is 10.1. The molecule has 5 nitrogen and oxygen atoms in total. The molecule has 1 aromatic heterocycles. The van der Waals surface area contributed by atoms with Crippen molar-refractivity contribution in [1.82, 2.24) is 9.97 Å². The molecule has 0 aliphatic carbocycles. The van der Waals surface area contributed by atoms with Gasteiger partial charge in [-0.25, -0.2) is 14.4 Å². The van der Waals surface area contributed by atoms with Crippen LogP contribution in [0, 0.1) is 5.82 Å². The molecule has 0 aliphatic rings. The van der Waals surface area contributed by atoms with Gasteiger partial charge < -0.3 is 15.4 Å². The molecule has 0 radical (unpaired) electrons. The summed E-state index contributed by atoms with van der Waals surface area (Å²) < 4.78 is 20.0. The Bertz CT molecular complexity index is 993. The van der Waals surface area contributed by atoms with Crippen molar-refractivity contribution in [2.75, 3.05) is 17.7 Å². The predicted molar refractivity (Wildman–Crippen MR) is 112 cm³/mol. The van der Waals surface area contributed by atoms with Gasteiger partial charge in [0.05, 0.1) is 23.3 Å². The Labute approximate surface area is 163 Å². The summed E-state index contributed by atoms with van der Waals surface area (Å²) in [7, 11) is 1.65. The normalized spacial score (nSPS) is 10.7. The maximum atomic E-state index is 14.5. The van der Waals surface area contributed by atoms with Crippen molar-refractivity contribution in [2.45, 2.75) is 26.7 Å². The molecule has 3 rings (SSSR count). The summed E-state index contributed by atoms with van der Waals surface area (Å²) in [6.45, 7) is 3.85. The van der Waals surface area contributed by atoms with Gasteiger partial charge in [-0.2, -0.15) is 0 Å². The van der Waals surface area contributed by atoms with E-state index in [1.54, 1.807) is 26.2 Å². The molecule has 0 saturated heterocycles. The highest BCUT2D eigenvalue weighted by Gasteiger charge is 2.12. The summed E-state index contributed by atoms with van der Waals surface area (Å²) in [5.74, 6) is 0.946. The van der Waals surface area contributed by atoms with E-state index >= 15 is 0 Å². The van der Waals surface area contributed by atoms with E-state index in [0.717, 1.165) is 35.1 Å². The molecule has 3 aromatic rings. The number of nitrogens with zero attached hydrogens (tertiary/aromatic N) is 2. The first-order valence-electron chi connectivity index (χ1n) is 8.67. The quantitative estimate of drug-likeness (QED) is 0.567. The zero-order valence-electron chi connectivity index (χ0n) is 15.5. The Morgan fingerprint density at radius 2 is 2.04 bits per heavy atom. The van der Waals surface area contributed by atoms with Crippen molar-refractivity contribution in [3.63, 3.8) is 0 Å². The summed E-state index contributed by atoms with van der Waals surface area (Å²) in [6.07, 6.45) is 3.31. The van der Waals surface area contributed by atoms with Crippen LogP contribution in [-0.2, 0) is 6.42 Å². The average molecular weight is 384 g/mol. The lowest BCUT2D eigenvalue weighted by molar-refractivity contribution is 0.410. The number of hydrogen-bond donors (Lipinski definition) is 2. The molecule has 7 heteroatoms. The van der Waals surface area contributed by atoms with Gasteiger partial charge in [-0.1, -0.05) is 25.6 Å². The summed E-state index contributed by atoms with van der Waals surface area (Å²) in [5, 5.41) is 6.82. The molecule has 0 bridgehead atoms. The van der Waals surface area contributed by atoms with Crippen LogP contribution in [-0.4, -0.2) is 22.1 Å². The Hall–Kier alpha value is -2.80. The van der Waals surface area contributed by atoms with E-state index in [2.05, 4.69) is 27.5 Å². The minimum Gasteiger partial charge on any atom is -0.496 e. The van der Waals surface area contributed by atoms with Crippen LogP contribution in [0.15, 0.2) is 36.7 Å². The molecule has 0 amide bonds. The molecular weight excluding hydrogens is 363 g/mol. The lowest BCUT2D eigenvalue weighted by Crippen LogP contribution is -2.04. The maximum Gasteiger partial charge on any atom is 0.148 e. The van der Waals surface area contributed by atoms with Gasteiger partial charge in [0.25, 0.3) is 0 Å². The lowest BCUT2D eigenvalue weighted by Gasteiger charge is -2.13. The molecule has 0 fully saturated rings. The van der Waals surface area contributed by atoms with E-state index in [1.165, 1.54) is 12.4 Å². The largest absolute Gasteiger partial charge is 0.496 e. The first kappa shape index (κ1) is 19.0. The number of fused-ring (bicyclic) bond motifs is 1. The number of methoxy groups -OCH3 is 1. The molecule has 0 spiro atoms. The minimum absolute atomic E-state index is 0.329. The van der Waals surface area contributed by atoms with Crippen molar-refractivity contribution in [3.8, 4) is 5.75 Å². The van der Waals surface area contributed by atoms with Gasteiger partial charge in [0.1, 0.15) is 23.7 Å². The monoisotopic (exact) mass is 384 g/mol. The molecule has 140 valence electrons. The predicted octanol–water partition coefficient (Wildman–Crippen LogP) is 5.23. The van der Waals surface area contributed by atoms with Crippen molar-refractivity contribution >= 4 is 45.3 Å². The second-order valence-corrected chi connectivity index (χ2v) is 6.77. The number of halogens is 1. The highest BCUT2D eigenvalue weighted by molar-refractivity contribution is 7.80. The summed E-state index contributed by atoms with van der Waals surface area (Å²) in [6, 6.07) is 8.70. The number of thiocarbonyl (C=S) groups is 1. The second-order valence-electron chi connectivity index (χ2n) is 6.15. The number of rotatable bonds is 6. The van der Waals surface area contributed by atoms with Crippen LogP contribution in [0.4, 0.5) is 21.6 Å². The topological polar surface area (TPSA) is 59.1 Å². The van der Waals surface area contributed by atoms with Crippen LogP contribution >= 0.6 is 12.2 Å². The van der Waals surface area contributed by atoms with Gasteiger partial charge in [0.2, 0.25) is 0 Å². The zero-order chi connectivity index (χ0) is 19.4. The van der Waals surface area contributed by atoms with Gasteiger partial charge in [-0.3, -0.25) is 0 Å². The number of anilines is 3. The molecule has 0 atom stereocenters. The molecule has 0 saturated carbocycles. The Balaban J connectivity index is 1.99. The van der Waals surface area contributed by atoms with Crippen LogP contribution in [0.25, 0.3) is 10.9 Å². The minimum atomic E-state index is -0.398. The highest BCUT2D eigenvalue weighted by Crippen LogP contribution is 2.31. The summed E-state index contributed by atoms with van der Waals surface area (Å²) >= 11 is 4.99. The summed E-state index contributed by atoms with van der Waals surface area (Å²) in [5.41, 5.74) is 2.74. The fourth-order valence-electron chi connectivity index (χ4n) is 2.91.